The fourth-order valence-electron chi connectivity index (χ4n) is 1.25. The molecule has 1 aliphatic rings. The number of carbonyl (C=O) groups is 1. The van der Waals surface area contributed by atoms with Crippen LogP contribution < -0.4 is 0 Å². The van der Waals surface area contributed by atoms with Crippen molar-refractivity contribution in [2.24, 2.45) is 4.99 Å². The van der Waals surface area contributed by atoms with Crippen molar-refractivity contribution in [1.82, 2.24) is 0 Å². The zero-order valence-electron chi connectivity index (χ0n) is 7.28. The summed E-state index contributed by atoms with van der Waals surface area (Å²) in [5.74, 6) is 0. The lowest BCUT2D eigenvalue weighted by atomic mass is 10.3. The zero-order valence-corrected chi connectivity index (χ0v) is 8.10. The Morgan fingerprint density at radius 2 is 2.15 bits per heavy atom. The predicted molar refractivity (Wildman–Crippen MR) is 54.7 cm³/mol. The lowest BCUT2D eigenvalue weighted by Gasteiger charge is -1.98. The average molecular weight is 191 g/mol. The number of thioether (sulfide) groups is 1. The third-order valence-corrected chi connectivity index (χ3v) is 2.74. The highest BCUT2D eigenvalue weighted by Crippen LogP contribution is 2.33. The van der Waals surface area contributed by atoms with Crippen molar-refractivity contribution < 1.29 is 4.79 Å². The van der Waals surface area contributed by atoms with E-state index in [-0.39, 0.29) is 5.12 Å². The van der Waals surface area contributed by atoms with E-state index >= 15 is 0 Å². The first kappa shape index (κ1) is 8.51. The zero-order chi connectivity index (χ0) is 9.26. The van der Waals surface area contributed by atoms with Crippen molar-refractivity contribution in [3.8, 4) is 0 Å². The summed E-state index contributed by atoms with van der Waals surface area (Å²) in [5.41, 5.74) is 1.80. The second-order valence-electron chi connectivity index (χ2n) is 2.97. The Labute approximate surface area is 81.1 Å². The number of hydrogen-bond acceptors (Lipinski definition) is 3. The van der Waals surface area contributed by atoms with Gasteiger partial charge >= 0.3 is 0 Å². The lowest BCUT2D eigenvalue weighted by molar-refractivity contribution is -0.109. The minimum atomic E-state index is 0.172. The summed E-state index contributed by atoms with van der Waals surface area (Å²) < 4.78 is 0. The van der Waals surface area contributed by atoms with E-state index in [0.717, 1.165) is 16.3 Å². The molecule has 0 aromatic heterocycles. The third-order valence-electron chi connectivity index (χ3n) is 1.80. The molecule has 0 fully saturated rings. The number of hydrogen-bond donors (Lipinski definition) is 0. The molecular formula is C10H9NOS. The number of nitrogens with zero attached hydrogens (tertiary/aromatic N) is 1. The lowest BCUT2D eigenvalue weighted by Crippen LogP contribution is -1.96. The molecule has 0 saturated heterocycles. The largest absolute Gasteiger partial charge is 0.286 e. The Morgan fingerprint density at radius 1 is 1.38 bits per heavy atom. The number of rotatable bonds is 0. The van der Waals surface area contributed by atoms with Crippen LogP contribution >= 0.6 is 11.8 Å². The maximum Gasteiger partial charge on any atom is 0.199 e. The minimum absolute atomic E-state index is 0.172. The van der Waals surface area contributed by atoms with Crippen LogP contribution in [0, 0.1) is 0 Å². The molecule has 2 nitrogen and oxygen atoms in total. The normalized spacial score (nSPS) is 16.1. The topological polar surface area (TPSA) is 29.4 Å². The number of carbonyl (C=O) groups excluding carboxylic acids is 1. The molecule has 0 unspecified atom stereocenters. The van der Waals surface area contributed by atoms with E-state index in [1.165, 1.54) is 11.8 Å². The number of para-hydroxylation sites is 1. The number of fused-ring (bicyclic) bond motifs is 1. The highest BCUT2D eigenvalue weighted by atomic mass is 32.2. The molecule has 1 heterocycles. The van der Waals surface area contributed by atoms with Crippen molar-refractivity contribution in [2.45, 2.75) is 18.2 Å². The molecule has 3 heteroatoms. The van der Waals surface area contributed by atoms with Crippen LogP contribution in [0.2, 0.25) is 0 Å². The SMILES string of the molecule is CC1=Nc2ccccc2SC(=O)C1. The van der Waals surface area contributed by atoms with Crippen LogP contribution in [0.4, 0.5) is 5.69 Å². The molecule has 0 radical (unpaired) electrons. The van der Waals surface area contributed by atoms with Gasteiger partial charge in [0, 0.05) is 10.6 Å². The van der Waals surface area contributed by atoms with Gasteiger partial charge in [-0.2, -0.15) is 0 Å². The van der Waals surface area contributed by atoms with Gasteiger partial charge in [-0.15, -0.1) is 0 Å². The van der Waals surface area contributed by atoms with Crippen LogP contribution in [0.25, 0.3) is 0 Å². The highest BCUT2D eigenvalue weighted by molar-refractivity contribution is 8.13. The summed E-state index contributed by atoms with van der Waals surface area (Å²) in [4.78, 5) is 16.7. The Bertz CT molecular complexity index is 384. The van der Waals surface area contributed by atoms with Crippen LogP contribution in [-0.2, 0) is 4.79 Å². The molecule has 1 aromatic carbocycles. The molecule has 0 aliphatic carbocycles. The smallest absolute Gasteiger partial charge is 0.199 e. The van der Waals surface area contributed by atoms with Gasteiger partial charge in [0.2, 0.25) is 0 Å². The fourth-order valence-corrected chi connectivity index (χ4v) is 2.14. The van der Waals surface area contributed by atoms with Crippen molar-refractivity contribution in [3.63, 3.8) is 0 Å². The van der Waals surface area contributed by atoms with Gasteiger partial charge in [-0.3, -0.25) is 9.79 Å². The summed E-state index contributed by atoms with van der Waals surface area (Å²) in [5, 5.41) is 0.172. The molecule has 0 N–H and O–H groups in total. The number of aliphatic imine (C=N–C) groups is 1. The van der Waals surface area contributed by atoms with Crippen LogP contribution in [-0.4, -0.2) is 10.8 Å². The van der Waals surface area contributed by atoms with E-state index in [1.54, 1.807) is 0 Å². The summed E-state index contributed by atoms with van der Waals surface area (Å²) >= 11 is 1.28. The van der Waals surface area contributed by atoms with Crippen LogP contribution in [0.3, 0.4) is 0 Å². The quantitative estimate of drug-likeness (QED) is 0.631. The molecule has 0 atom stereocenters. The molecule has 0 amide bonds. The van der Waals surface area contributed by atoms with Gasteiger partial charge in [0.15, 0.2) is 5.12 Å². The second kappa shape index (κ2) is 3.34. The molecule has 2 rings (SSSR count). The first-order chi connectivity index (χ1) is 6.25. The van der Waals surface area contributed by atoms with Crippen molar-refractivity contribution >= 4 is 28.3 Å². The van der Waals surface area contributed by atoms with Gasteiger partial charge in [0.1, 0.15) is 0 Å². The highest BCUT2D eigenvalue weighted by Gasteiger charge is 2.13. The molecule has 0 saturated carbocycles. The van der Waals surface area contributed by atoms with Gasteiger partial charge in [-0.25, -0.2) is 0 Å². The first-order valence-corrected chi connectivity index (χ1v) is 4.91. The average Bonchev–Trinajstić information content (AvgIpc) is 2.20. The van der Waals surface area contributed by atoms with Gasteiger partial charge < -0.3 is 0 Å². The van der Waals surface area contributed by atoms with Crippen LogP contribution in [0.1, 0.15) is 13.3 Å². The molecule has 1 aromatic rings. The van der Waals surface area contributed by atoms with E-state index in [0.29, 0.717) is 6.42 Å². The number of benzene rings is 1. The first-order valence-electron chi connectivity index (χ1n) is 4.09. The van der Waals surface area contributed by atoms with Gasteiger partial charge in [0.05, 0.1) is 12.1 Å². The van der Waals surface area contributed by atoms with E-state index in [4.69, 9.17) is 0 Å². The monoisotopic (exact) mass is 191 g/mol. The van der Waals surface area contributed by atoms with Crippen LogP contribution in [0.5, 0.6) is 0 Å². The van der Waals surface area contributed by atoms with Gasteiger partial charge in [-0.1, -0.05) is 12.1 Å². The van der Waals surface area contributed by atoms with E-state index in [2.05, 4.69) is 4.99 Å². The van der Waals surface area contributed by atoms with Crippen molar-refractivity contribution in [2.75, 3.05) is 0 Å². The summed E-state index contributed by atoms with van der Waals surface area (Å²) in [6, 6.07) is 7.73. The molecular weight excluding hydrogens is 182 g/mol. The van der Waals surface area contributed by atoms with E-state index in [1.807, 2.05) is 31.2 Å². The molecule has 0 spiro atoms. The minimum Gasteiger partial charge on any atom is -0.286 e. The van der Waals surface area contributed by atoms with Crippen LogP contribution in [0.15, 0.2) is 34.2 Å². The molecule has 1 aliphatic heterocycles. The fraction of sp³-hybridized carbons (Fsp3) is 0.200. The van der Waals surface area contributed by atoms with E-state index < -0.39 is 0 Å². The molecule has 66 valence electrons. The maximum atomic E-state index is 11.3. The maximum absolute atomic E-state index is 11.3. The predicted octanol–water partition coefficient (Wildman–Crippen LogP) is 2.80. The Hall–Kier alpha value is -1.09. The van der Waals surface area contributed by atoms with E-state index in [9.17, 15) is 4.79 Å². The Morgan fingerprint density at radius 3 is 3.00 bits per heavy atom. The summed E-state index contributed by atoms with van der Waals surface area (Å²) in [7, 11) is 0. The second-order valence-corrected chi connectivity index (χ2v) is 4.06. The molecule has 0 bridgehead atoms. The van der Waals surface area contributed by atoms with Crippen molar-refractivity contribution in [1.29, 1.82) is 0 Å². The summed E-state index contributed by atoms with van der Waals surface area (Å²) in [6.07, 6.45) is 0.458. The molecule has 13 heavy (non-hydrogen) atoms. The van der Waals surface area contributed by atoms with Gasteiger partial charge in [0.25, 0.3) is 0 Å². The van der Waals surface area contributed by atoms with Crippen molar-refractivity contribution in [3.05, 3.63) is 24.3 Å². The van der Waals surface area contributed by atoms with Gasteiger partial charge in [-0.05, 0) is 30.8 Å². The standard InChI is InChI=1S/C10H9NOS/c1-7-6-10(12)13-9-5-3-2-4-8(9)11-7/h2-5H,6H2,1H3. The Balaban J connectivity index is 2.51. The summed E-state index contributed by atoms with van der Waals surface area (Å²) in [6.45, 7) is 1.89. The third kappa shape index (κ3) is 1.80. The Kier molecular flexibility index (Phi) is 2.19.